The molecule has 0 aliphatic carbocycles. The van der Waals surface area contributed by atoms with Gasteiger partial charge in [0.05, 0.1) is 9.79 Å². The molecule has 158 valence electrons. The van der Waals surface area contributed by atoms with Crippen LogP contribution in [0.15, 0.2) is 58.5 Å². The Morgan fingerprint density at radius 1 is 0.767 bits per heavy atom. The number of benzene rings is 2. The third-order valence-corrected chi connectivity index (χ3v) is 7.36. The van der Waals surface area contributed by atoms with E-state index in [0.717, 1.165) is 5.56 Å². The number of aromatic nitrogens is 2. The Kier molecular flexibility index (Phi) is 5.82. The molecule has 0 bridgehead atoms. The summed E-state index contributed by atoms with van der Waals surface area (Å²) in [6, 6.07) is 10.5. The largest absolute Gasteiger partial charge is 0.280 e. The lowest BCUT2D eigenvalue weighted by molar-refractivity contribution is 0.599. The average molecular weight is 447 g/mol. The lowest BCUT2D eigenvalue weighted by Gasteiger charge is -2.14. The quantitative estimate of drug-likeness (QED) is 0.600. The van der Waals surface area contributed by atoms with Crippen LogP contribution in [-0.4, -0.2) is 26.8 Å². The van der Waals surface area contributed by atoms with E-state index in [1.54, 1.807) is 32.9 Å². The minimum atomic E-state index is -3.88. The smallest absolute Gasteiger partial charge is 0.263 e. The van der Waals surface area contributed by atoms with Gasteiger partial charge < -0.3 is 0 Å². The number of sulfonamides is 2. The fraction of sp³-hybridized carbons (Fsp3) is 0.200. The standard InChI is InChI=1S/C20H22N4O4S2/c1-13-11-14(2)20(15(3)12-13)30(27,28)23-17-5-7-18(8-6-17)29(25,26)24-19-9-10-21-16(4)22-19/h5-12,23H,1-4H3,(H,21,22,24). The molecule has 0 saturated heterocycles. The normalized spacial score (nSPS) is 11.9. The van der Waals surface area contributed by atoms with Crippen LogP contribution in [0.4, 0.5) is 11.5 Å². The molecule has 30 heavy (non-hydrogen) atoms. The van der Waals surface area contributed by atoms with Crippen LogP contribution in [-0.2, 0) is 20.0 Å². The summed E-state index contributed by atoms with van der Waals surface area (Å²) in [5.74, 6) is 0.583. The topological polar surface area (TPSA) is 118 Å². The first-order valence-electron chi connectivity index (χ1n) is 9.01. The predicted molar refractivity (Wildman–Crippen MR) is 115 cm³/mol. The highest BCUT2D eigenvalue weighted by atomic mass is 32.2. The van der Waals surface area contributed by atoms with Crippen molar-refractivity contribution in [2.45, 2.75) is 37.5 Å². The molecular formula is C20H22N4O4S2. The minimum Gasteiger partial charge on any atom is -0.280 e. The molecule has 1 heterocycles. The molecule has 0 radical (unpaired) electrons. The van der Waals surface area contributed by atoms with Gasteiger partial charge in [-0.05, 0) is 69.2 Å². The van der Waals surface area contributed by atoms with Crippen molar-refractivity contribution < 1.29 is 16.8 Å². The van der Waals surface area contributed by atoms with Crippen molar-refractivity contribution in [3.63, 3.8) is 0 Å². The zero-order chi connectivity index (χ0) is 22.1. The van der Waals surface area contributed by atoms with E-state index in [2.05, 4.69) is 19.4 Å². The summed E-state index contributed by atoms with van der Waals surface area (Å²) < 4.78 is 55.7. The Morgan fingerprint density at radius 2 is 1.37 bits per heavy atom. The summed E-state index contributed by atoms with van der Waals surface area (Å²) in [4.78, 5) is 8.12. The highest BCUT2D eigenvalue weighted by Gasteiger charge is 2.21. The summed E-state index contributed by atoms with van der Waals surface area (Å²) in [6.07, 6.45) is 1.45. The summed E-state index contributed by atoms with van der Waals surface area (Å²) in [5.41, 5.74) is 2.52. The van der Waals surface area contributed by atoms with Gasteiger partial charge in [0.15, 0.2) is 0 Å². The Hall–Kier alpha value is -2.98. The van der Waals surface area contributed by atoms with E-state index in [4.69, 9.17) is 0 Å². The van der Waals surface area contributed by atoms with E-state index in [1.165, 1.54) is 36.5 Å². The van der Waals surface area contributed by atoms with Crippen LogP contribution in [0.2, 0.25) is 0 Å². The molecule has 1 aromatic heterocycles. The van der Waals surface area contributed by atoms with Gasteiger partial charge in [0, 0.05) is 11.9 Å². The number of anilines is 2. The first-order valence-corrected chi connectivity index (χ1v) is 12.0. The fourth-order valence-electron chi connectivity index (χ4n) is 3.21. The highest BCUT2D eigenvalue weighted by molar-refractivity contribution is 7.93. The zero-order valence-corrected chi connectivity index (χ0v) is 18.6. The second kappa shape index (κ2) is 8.04. The second-order valence-electron chi connectivity index (χ2n) is 6.95. The zero-order valence-electron chi connectivity index (χ0n) is 17.0. The van der Waals surface area contributed by atoms with Gasteiger partial charge in [-0.2, -0.15) is 0 Å². The maximum absolute atomic E-state index is 12.9. The van der Waals surface area contributed by atoms with Crippen LogP contribution in [0, 0.1) is 27.7 Å². The van der Waals surface area contributed by atoms with Gasteiger partial charge >= 0.3 is 0 Å². The molecule has 0 aliphatic rings. The van der Waals surface area contributed by atoms with Crippen molar-refractivity contribution in [2.24, 2.45) is 0 Å². The third-order valence-electron chi connectivity index (χ3n) is 4.31. The number of nitrogens with zero attached hydrogens (tertiary/aromatic N) is 2. The van der Waals surface area contributed by atoms with Gasteiger partial charge in [-0.15, -0.1) is 0 Å². The molecule has 0 unspecified atom stereocenters. The van der Waals surface area contributed by atoms with Gasteiger partial charge in [-0.25, -0.2) is 26.8 Å². The second-order valence-corrected chi connectivity index (χ2v) is 10.3. The number of rotatable bonds is 6. The van der Waals surface area contributed by atoms with Crippen molar-refractivity contribution in [1.82, 2.24) is 9.97 Å². The Morgan fingerprint density at radius 3 is 1.93 bits per heavy atom. The van der Waals surface area contributed by atoms with Gasteiger partial charge in [-0.1, -0.05) is 17.7 Å². The lowest BCUT2D eigenvalue weighted by atomic mass is 10.1. The maximum Gasteiger partial charge on any atom is 0.263 e. The summed E-state index contributed by atoms with van der Waals surface area (Å²) >= 11 is 0. The van der Waals surface area contributed by atoms with Crippen LogP contribution in [0.1, 0.15) is 22.5 Å². The Balaban J connectivity index is 1.84. The fourth-order valence-corrected chi connectivity index (χ4v) is 5.72. The molecule has 0 fully saturated rings. The SMILES string of the molecule is Cc1cc(C)c(S(=O)(=O)Nc2ccc(S(=O)(=O)Nc3ccnc(C)n3)cc2)c(C)c1. The summed E-state index contributed by atoms with van der Waals surface area (Å²) in [6.45, 7) is 7.03. The number of aryl methyl sites for hydroxylation is 4. The molecule has 3 aromatic rings. The van der Waals surface area contributed by atoms with Crippen LogP contribution in [0.5, 0.6) is 0 Å². The molecule has 0 spiro atoms. The molecule has 0 saturated carbocycles. The van der Waals surface area contributed by atoms with Gasteiger partial charge in [-0.3, -0.25) is 9.44 Å². The van der Waals surface area contributed by atoms with Crippen molar-refractivity contribution >= 4 is 31.6 Å². The van der Waals surface area contributed by atoms with E-state index < -0.39 is 20.0 Å². The molecule has 0 atom stereocenters. The average Bonchev–Trinajstić information content (AvgIpc) is 2.60. The summed E-state index contributed by atoms with van der Waals surface area (Å²) in [7, 11) is -7.70. The summed E-state index contributed by atoms with van der Waals surface area (Å²) in [5, 5.41) is 0. The van der Waals surface area contributed by atoms with E-state index >= 15 is 0 Å². The van der Waals surface area contributed by atoms with E-state index in [0.29, 0.717) is 17.0 Å². The molecule has 3 rings (SSSR count). The Labute approximate surface area is 176 Å². The van der Waals surface area contributed by atoms with Crippen LogP contribution in [0.3, 0.4) is 0 Å². The molecule has 2 N–H and O–H groups in total. The predicted octanol–water partition coefficient (Wildman–Crippen LogP) is 3.31. The molecule has 0 amide bonds. The van der Waals surface area contributed by atoms with E-state index in [1.807, 2.05) is 6.92 Å². The van der Waals surface area contributed by atoms with Gasteiger partial charge in [0.1, 0.15) is 11.6 Å². The maximum atomic E-state index is 12.9. The van der Waals surface area contributed by atoms with Crippen LogP contribution >= 0.6 is 0 Å². The van der Waals surface area contributed by atoms with Crippen molar-refractivity contribution in [3.05, 3.63) is 71.2 Å². The van der Waals surface area contributed by atoms with E-state index in [9.17, 15) is 16.8 Å². The number of hydrogen-bond donors (Lipinski definition) is 2. The molecule has 8 nitrogen and oxygen atoms in total. The van der Waals surface area contributed by atoms with Crippen molar-refractivity contribution in [1.29, 1.82) is 0 Å². The number of hydrogen-bond acceptors (Lipinski definition) is 6. The first-order chi connectivity index (χ1) is 14.0. The molecule has 2 aromatic carbocycles. The monoisotopic (exact) mass is 446 g/mol. The van der Waals surface area contributed by atoms with E-state index in [-0.39, 0.29) is 21.3 Å². The van der Waals surface area contributed by atoms with Crippen LogP contribution < -0.4 is 9.44 Å². The van der Waals surface area contributed by atoms with Gasteiger partial charge in [0.2, 0.25) is 0 Å². The first kappa shape index (κ1) is 21.7. The minimum absolute atomic E-state index is 0.0237. The van der Waals surface area contributed by atoms with Crippen LogP contribution in [0.25, 0.3) is 0 Å². The molecule has 10 heteroatoms. The lowest BCUT2D eigenvalue weighted by Crippen LogP contribution is -2.17. The number of nitrogens with one attached hydrogen (secondary N) is 2. The molecular weight excluding hydrogens is 424 g/mol. The Bertz CT molecular complexity index is 1280. The van der Waals surface area contributed by atoms with Crippen molar-refractivity contribution in [3.8, 4) is 0 Å². The third kappa shape index (κ3) is 4.77. The van der Waals surface area contributed by atoms with Crippen molar-refractivity contribution in [2.75, 3.05) is 9.44 Å². The van der Waals surface area contributed by atoms with Gasteiger partial charge in [0.25, 0.3) is 20.0 Å². The highest BCUT2D eigenvalue weighted by Crippen LogP contribution is 2.25. The molecule has 0 aliphatic heterocycles.